The van der Waals surface area contributed by atoms with Gasteiger partial charge < -0.3 is 20.3 Å². The van der Waals surface area contributed by atoms with E-state index in [0.29, 0.717) is 29.8 Å². The fourth-order valence-electron chi connectivity index (χ4n) is 2.41. The molecule has 0 radical (unpaired) electrons. The average Bonchev–Trinajstić information content (AvgIpc) is 2.68. The molecule has 0 bridgehead atoms. The van der Waals surface area contributed by atoms with Gasteiger partial charge in [-0.2, -0.15) is 0 Å². The molecule has 1 unspecified atom stereocenters. The third kappa shape index (κ3) is 7.71. The molecule has 1 aromatic carbocycles. The molecule has 0 spiro atoms. The van der Waals surface area contributed by atoms with Crippen LogP contribution in [0.25, 0.3) is 0 Å². The number of benzene rings is 1. The van der Waals surface area contributed by atoms with E-state index in [1.165, 1.54) is 0 Å². The Hall–Kier alpha value is -1.74. The van der Waals surface area contributed by atoms with Crippen LogP contribution < -0.4 is 20.3 Å². The zero-order valence-corrected chi connectivity index (χ0v) is 19.9. The smallest absolute Gasteiger partial charge is 0.191 e. The Morgan fingerprint density at radius 2 is 1.93 bits per heavy atom. The summed E-state index contributed by atoms with van der Waals surface area (Å²) in [5, 5.41) is 7.20. The summed E-state index contributed by atoms with van der Waals surface area (Å²) in [4.78, 5) is 10.8. The molecule has 0 amide bonds. The Labute approximate surface area is 189 Å². The number of halogens is 2. The van der Waals surface area contributed by atoms with Crippen molar-refractivity contribution in [1.29, 1.82) is 0 Å². The van der Waals surface area contributed by atoms with E-state index in [4.69, 9.17) is 16.3 Å². The second kappa shape index (κ2) is 12.7. The highest BCUT2D eigenvalue weighted by molar-refractivity contribution is 14.0. The van der Waals surface area contributed by atoms with Crippen molar-refractivity contribution in [3.05, 3.63) is 53.2 Å². The van der Waals surface area contributed by atoms with Crippen LogP contribution in [0.1, 0.15) is 19.0 Å². The standard InChI is InChI=1S/C20H28ClN5O.HI/c1-5-16(27-18-11-7-6-10-17(18)21)14-24-20(22-2)23-13-15-9-8-12-19(25-15)26(3)4;/h6-12,16H,5,13-14H2,1-4H3,(H2,22,23,24);1H. The van der Waals surface area contributed by atoms with Gasteiger partial charge in [-0.1, -0.05) is 36.7 Å². The number of ether oxygens (including phenoxy) is 1. The number of hydrogen-bond acceptors (Lipinski definition) is 4. The molecule has 2 rings (SSSR count). The summed E-state index contributed by atoms with van der Waals surface area (Å²) in [5.41, 5.74) is 0.948. The van der Waals surface area contributed by atoms with Gasteiger partial charge in [0.2, 0.25) is 0 Å². The number of para-hydroxylation sites is 1. The molecule has 1 aromatic heterocycles. The molecule has 0 aliphatic rings. The van der Waals surface area contributed by atoms with Crippen molar-refractivity contribution in [2.75, 3.05) is 32.6 Å². The van der Waals surface area contributed by atoms with Gasteiger partial charge >= 0.3 is 0 Å². The van der Waals surface area contributed by atoms with Crippen LogP contribution in [0.5, 0.6) is 5.75 Å². The predicted octanol–water partition coefficient (Wildman–Crippen LogP) is 3.94. The number of nitrogens with one attached hydrogen (secondary N) is 2. The zero-order chi connectivity index (χ0) is 19.6. The molecular weight excluding hydrogens is 489 g/mol. The molecule has 0 aliphatic carbocycles. The minimum atomic E-state index is -0.0151. The second-order valence-electron chi connectivity index (χ2n) is 6.27. The lowest BCUT2D eigenvalue weighted by Crippen LogP contribution is -2.42. The highest BCUT2D eigenvalue weighted by Gasteiger charge is 2.11. The van der Waals surface area contributed by atoms with E-state index in [9.17, 15) is 0 Å². The molecular formula is C20H29ClIN5O. The Morgan fingerprint density at radius 1 is 1.18 bits per heavy atom. The Morgan fingerprint density at radius 3 is 2.57 bits per heavy atom. The van der Waals surface area contributed by atoms with Crippen LogP contribution >= 0.6 is 35.6 Å². The summed E-state index contributed by atoms with van der Waals surface area (Å²) >= 11 is 6.18. The van der Waals surface area contributed by atoms with Gasteiger partial charge in [0, 0.05) is 21.1 Å². The minimum absolute atomic E-state index is 0. The fourth-order valence-corrected chi connectivity index (χ4v) is 2.59. The number of aromatic nitrogens is 1. The molecule has 0 saturated heterocycles. The van der Waals surface area contributed by atoms with E-state index < -0.39 is 0 Å². The van der Waals surface area contributed by atoms with Crippen molar-refractivity contribution >= 4 is 47.4 Å². The first kappa shape index (κ1) is 24.3. The number of hydrogen-bond donors (Lipinski definition) is 2. The molecule has 1 heterocycles. The van der Waals surface area contributed by atoms with E-state index in [2.05, 4.69) is 27.5 Å². The van der Waals surface area contributed by atoms with Crippen LogP contribution in [0.4, 0.5) is 5.82 Å². The maximum atomic E-state index is 6.18. The quantitative estimate of drug-likeness (QED) is 0.316. The van der Waals surface area contributed by atoms with Crippen molar-refractivity contribution in [2.24, 2.45) is 4.99 Å². The summed E-state index contributed by atoms with van der Waals surface area (Å²) in [6.45, 7) is 3.28. The van der Waals surface area contributed by atoms with Gasteiger partial charge in [0.05, 0.1) is 23.8 Å². The van der Waals surface area contributed by atoms with Crippen molar-refractivity contribution in [2.45, 2.75) is 26.0 Å². The molecule has 154 valence electrons. The first-order chi connectivity index (χ1) is 13.0. The molecule has 2 N–H and O–H groups in total. The fraction of sp³-hybridized carbons (Fsp3) is 0.400. The summed E-state index contributed by atoms with van der Waals surface area (Å²) in [6.07, 6.45) is 0.834. The average molecular weight is 518 g/mol. The number of guanidine groups is 1. The molecule has 8 heteroatoms. The highest BCUT2D eigenvalue weighted by Crippen LogP contribution is 2.24. The summed E-state index contributed by atoms with van der Waals surface area (Å²) in [7, 11) is 5.70. The molecule has 6 nitrogen and oxygen atoms in total. The molecule has 28 heavy (non-hydrogen) atoms. The SMILES string of the molecule is CCC(CNC(=NC)NCc1cccc(N(C)C)n1)Oc1ccccc1Cl.I. The Bertz CT molecular complexity index is 757. The number of rotatable bonds is 8. The minimum Gasteiger partial charge on any atom is -0.487 e. The molecule has 0 aliphatic heterocycles. The van der Waals surface area contributed by atoms with Gasteiger partial charge in [0.25, 0.3) is 0 Å². The largest absolute Gasteiger partial charge is 0.487 e. The first-order valence-electron chi connectivity index (χ1n) is 9.02. The summed E-state index contributed by atoms with van der Waals surface area (Å²) < 4.78 is 6.00. The van der Waals surface area contributed by atoms with Crippen molar-refractivity contribution < 1.29 is 4.74 Å². The number of anilines is 1. The van der Waals surface area contributed by atoms with Gasteiger partial charge in [-0.05, 0) is 30.7 Å². The molecule has 1 atom stereocenters. The van der Waals surface area contributed by atoms with Gasteiger partial charge in [-0.3, -0.25) is 4.99 Å². The first-order valence-corrected chi connectivity index (χ1v) is 9.40. The van der Waals surface area contributed by atoms with Crippen LogP contribution in [0.15, 0.2) is 47.5 Å². The summed E-state index contributed by atoms with van der Waals surface area (Å²) in [5.74, 6) is 2.32. The topological polar surface area (TPSA) is 61.8 Å². The second-order valence-corrected chi connectivity index (χ2v) is 6.67. The molecule has 0 saturated carbocycles. The Kier molecular flexibility index (Phi) is 11.0. The third-order valence-corrected chi connectivity index (χ3v) is 4.31. The summed E-state index contributed by atoms with van der Waals surface area (Å²) in [6, 6.07) is 13.5. The van der Waals surface area contributed by atoms with E-state index in [1.54, 1.807) is 7.05 Å². The molecule has 2 aromatic rings. The van der Waals surface area contributed by atoms with E-state index in [0.717, 1.165) is 17.9 Å². The maximum absolute atomic E-state index is 6.18. The van der Waals surface area contributed by atoms with Crippen LogP contribution in [-0.4, -0.2) is 44.7 Å². The lowest BCUT2D eigenvalue weighted by atomic mass is 10.2. The van der Waals surface area contributed by atoms with Crippen molar-refractivity contribution in [1.82, 2.24) is 15.6 Å². The number of pyridine rings is 1. The Balaban J connectivity index is 0.00000392. The van der Waals surface area contributed by atoms with Crippen molar-refractivity contribution in [3.63, 3.8) is 0 Å². The van der Waals surface area contributed by atoms with Crippen LogP contribution in [-0.2, 0) is 6.54 Å². The third-order valence-electron chi connectivity index (χ3n) is 3.99. The van der Waals surface area contributed by atoms with Crippen LogP contribution in [0.3, 0.4) is 0 Å². The maximum Gasteiger partial charge on any atom is 0.191 e. The number of nitrogens with zero attached hydrogens (tertiary/aromatic N) is 3. The van der Waals surface area contributed by atoms with E-state index in [1.807, 2.05) is 61.5 Å². The monoisotopic (exact) mass is 517 g/mol. The highest BCUT2D eigenvalue weighted by atomic mass is 127. The lowest BCUT2D eigenvalue weighted by Gasteiger charge is -2.20. The van der Waals surface area contributed by atoms with Gasteiger partial charge in [-0.25, -0.2) is 4.98 Å². The van der Waals surface area contributed by atoms with E-state index >= 15 is 0 Å². The van der Waals surface area contributed by atoms with Crippen molar-refractivity contribution in [3.8, 4) is 5.75 Å². The number of aliphatic imine (C=N–C) groups is 1. The van der Waals surface area contributed by atoms with E-state index in [-0.39, 0.29) is 30.1 Å². The zero-order valence-electron chi connectivity index (χ0n) is 16.8. The van der Waals surface area contributed by atoms with Gasteiger partial charge in [-0.15, -0.1) is 24.0 Å². The normalized spacial score (nSPS) is 12.0. The van der Waals surface area contributed by atoms with Gasteiger partial charge in [0.15, 0.2) is 5.96 Å². The predicted molar refractivity (Wildman–Crippen MR) is 128 cm³/mol. The molecule has 0 fully saturated rings. The van der Waals surface area contributed by atoms with Gasteiger partial charge in [0.1, 0.15) is 17.7 Å². The lowest BCUT2D eigenvalue weighted by molar-refractivity contribution is 0.199. The van der Waals surface area contributed by atoms with Crippen LogP contribution in [0.2, 0.25) is 5.02 Å². The van der Waals surface area contributed by atoms with Crippen LogP contribution in [0, 0.1) is 0 Å².